The Hall–Kier alpha value is -1.34. The highest BCUT2D eigenvalue weighted by atomic mass is 16.5. The molecule has 7 nitrogen and oxygen atoms in total. The van der Waals surface area contributed by atoms with Crippen LogP contribution in [0.1, 0.15) is 33.1 Å². The molecule has 1 heterocycles. The molecule has 0 bridgehead atoms. The second-order valence-electron chi connectivity index (χ2n) is 6.36. The maximum absolute atomic E-state index is 11.4. The van der Waals surface area contributed by atoms with Gasteiger partial charge in [0.2, 0.25) is 5.91 Å². The molecule has 0 radical (unpaired) electrons. The van der Waals surface area contributed by atoms with Gasteiger partial charge in [0.25, 0.3) is 0 Å². The highest BCUT2D eigenvalue weighted by molar-refractivity contribution is 5.80. The Bertz CT molecular complexity index is 369. The third-order valence-corrected chi connectivity index (χ3v) is 3.92. The lowest BCUT2D eigenvalue weighted by atomic mass is 10.0. The van der Waals surface area contributed by atoms with Crippen molar-refractivity contribution in [1.82, 2.24) is 16.0 Å². The van der Waals surface area contributed by atoms with Gasteiger partial charge in [0.15, 0.2) is 5.96 Å². The van der Waals surface area contributed by atoms with E-state index in [0.717, 1.165) is 58.2 Å². The summed E-state index contributed by atoms with van der Waals surface area (Å²) < 4.78 is 11.1. The minimum atomic E-state index is 0.0172. The van der Waals surface area contributed by atoms with E-state index < -0.39 is 0 Å². The number of aliphatic imine (C=N–C) groups is 1. The van der Waals surface area contributed by atoms with E-state index in [1.807, 2.05) is 13.8 Å². The SMILES string of the molecule is CN=C(NCCCOCC1CCOCC1)NCCNC(=O)C(C)C. The van der Waals surface area contributed by atoms with E-state index in [1.54, 1.807) is 7.05 Å². The molecule has 24 heavy (non-hydrogen) atoms. The molecule has 1 aliphatic heterocycles. The Morgan fingerprint density at radius 1 is 1.17 bits per heavy atom. The average molecular weight is 342 g/mol. The summed E-state index contributed by atoms with van der Waals surface area (Å²) in [6.45, 7) is 9.15. The van der Waals surface area contributed by atoms with Crippen molar-refractivity contribution in [3.63, 3.8) is 0 Å². The quantitative estimate of drug-likeness (QED) is 0.310. The number of hydrogen-bond donors (Lipinski definition) is 3. The Labute approximate surface area is 146 Å². The first-order valence-electron chi connectivity index (χ1n) is 9.01. The summed E-state index contributed by atoms with van der Waals surface area (Å²) >= 11 is 0. The number of rotatable bonds is 10. The molecule has 1 amide bonds. The van der Waals surface area contributed by atoms with E-state index in [2.05, 4.69) is 20.9 Å². The van der Waals surface area contributed by atoms with Crippen LogP contribution in [0.15, 0.2) is 4.99 Å². The molecule has 0 aromatic rings. The van der Waals surface area contributed by atoms with Crippen molar-refractivity contribution in [3.05, 3.63) is 0 Å². The van der Waals surface area contributed by atoms with E-state index in [1.165, 1.54) is 0 Å². The number of carbonyl (C=O) groups is 1. The van der Waals surface area contributed by atoms with Crippen molar-refractivity contribution < 1.29 is 14.3 Å². The molecule has 0 aliphatic carbocycles. The fraction of sp³-hybridized carbons (Fsp3) is 0.882. The van der Waals surface area contributed by atoms with E-state index in [4.69, 9.17) is 9.47 Å². The number of guanidine groups is 1. The van der Waals surface area contributed by atoms with Crippen LogP contribution in [-0.4, -0.2) is 65.0 Å². The monoisotopic (exact) mass is 342 g/mol. The zero-order valence-corrected chi connectivity index (χ0v) is 15.4. The lowest BCUT2D eigenvalue weighted by molar-refractivity contribution is -0.123. The predicted molar refractivity (Wildman–Crippen MR) is 96.2 cm³/mol. The van der Waals surface area contributed by atoms with Crippen molar-refractivity contribution in [2.45, 2.75) is 33.1 Å². The van der Waals surface area contributed by atoms with Crippen LogP contribution in [0, 0.1) is 11.8 Å². The van der Waals surface area contributed by atoms with Crippen molar-refractivity contribution in [3.8, 4) is 0 Å². The zero-order valence-electron chi connectivity index (χ0n) is 15.4. The van der Waals surface area contributed by atoms with Crippen LogP contribution in [0.3, 0.4) is 0 Å². The molecule has 0 aromatic heterocycles. The van der Waals surface area contributed by atoms with Gasteiger partial charge in [-0.15, -0.1) is 0 Å². The average Bonchev–Trinajstić information content (AvgIpc) is 2.60. The van der Waals surface area contributed by atoms with Crippen LogP contribution in [0.2, 0.25) is 0 Å². The Kier molecular flexibility index (Phi) is 11.2. The smallest absolute Gasteiger partial charge is 0.222 e. The van der Waals surface area contributed by atoms with Gasteiger partial charge in [-0.25, -0.2) is 0 Å². The second kappa shape index (κ2) is 13.0. The highest BCUT2D eigenvalue weighted by Crippen LogP contribution is 2.14. The number of hydrogen-bond acceptors (Lipinski definition) is 4. The summed E-state index contributed by atoms with van der Waals surface area (Å²) in [6, 6.07) is 0. The molecule has 1 aliphatic rings. The first-order chi connectivity index (χ1) is 11.6. The molecule has 140 valence electrons. The Balaban J connectivity index is 1.96. The fourth-order valence-corrected chi connectivity index (χ4v) is 2.34. The molecule has 0 unspecified atom stereocenters. The van der Waals surface area contributed by atoms with Crippen molar-refractivity contribution in [2.75, 3.05) is 53.1 Å². The van der Waals surface area contributed by atoms with Gasteiger partial charge in [0.05, 0.1) is 0 Å². The molecule has 0 aromatic carbocycles. The number of nitrogens with zero attached hydrogens (tertiary/aromatic N) is 1. The molecule has 7 heteroatoms. The van der Waals surface area contributed by atoms with Gasteiger partial charge >= 0.3 is 0 Å². The summed E-state index contributed by atoms with van der Waals surface area (Å²) in [7, 11) is 1.74. The molecule has 1 rings (SSSR count). The summed E-state index contributed by atoms with van der Waals surface area (Å²) in [6.07, 6.45) is 3.17. The maximum atomic E-state index is 11.4. The van der Waals surface area contributed by atoms with Gasteiger partial charge in [0, 0.05) is 59.0 Å². The lowest BCUT2D eigenvalue weighted by Crippen LogP contribution is -2.42. The van der Waals surface area contributed by atoms with Crippen molar-refractivity contribution in [1.29, 1.82) is 0 Å². The van der Waals surface area contributed by atoms with Gasteiger partial charge < -0.3 is 25.4 Å². The van der Waals surface area contributed by atoms with Gasteiger partial charge in [-0.05, 0) is 25.2 Å². The normalized spacial score (nSPS) is 16.2. The maximum Gasteiger partial charge on any atom is 0.222 e. The summed E-state index contributed by atoms with van der Waals surface area (Å²) in [5.41, 5.74) is 0. The minimum absolute atomic E-state index is 0.0172. The summed E-state index contributed by atoms with van der Waals surface area (Å²) in [4.78, 5) is 15.6. The van der Waals surface area contributed by atoms with Crippen molar-refractivity contribution in [2.24, 2.45) is 16.8 Å². The molecule has 0 spiro atoms. The van der Waals surface area contributed by atoms with E-state index in [-0.39, 0.29) is 11.8 Å². The van der Waals surface area contributed by atoms with Crippen LogP contribution < -0.4 is 16.0 Å². The first kappa shape index (κ1) is 20.7. The molecular weight excluding hydrogens is 308 g/mol. The van der Waals surface area contributed by atoms with Gasteiger partial charge in [-0.2, -0.15) is 0 Å². The van der Waals surface area contributed by atoms with Crippen molar-refractivity contribution >= 4 is 11.9 Å². The van der Waals surface area contributed by atoms with Crippen LogP contribution in [0.5, 0.6) is 0 Å². The van der Waals surface area contributed by atoms with E-state index in [9.17, 15) is 4.79 Å². The van der Waals surface area contributed by atoms with Crippen LogP contribution in [0.4, 0.5) is 0 Å². The van der Waals surface area contributed by atoms with Gasteiger partial charge in [-0.3, -0.25) is 9.79 Å². The standard InChI is InChI=1S/C17H34N4O3/c1-14(2)16(22)19-8-9-21-17(18-3)20-7-4-10-24-13-15-5-11-23-12-6-15/h14-15H,4-13H2,1-3H3,(H,19,22)(H2,18,20,21). The third-order valence-electron chi connectivity index (χ3n) is 3.92. The number of amides is 1. The molecule has 1 fully saturated rings. The largest absolute Gasteiger partial charge is 0.381 e. The van der Waals surface area contributed by atoms with Crippen LogP contribution in [-0.2, 0) is 14.3 Å². The molecular formula is C17H34N4O3. The van der Waals surface area contributed by atoms with E-state index >= 15 is 0 Å². The summed E-state index contributed by atoms with van der Waals surface area (Å²) in [5.74, 6) is 1.49. The van der Waals surface area contributed by atoms with Gasteiger partial charge in [-0.1, -0.05) is 13.8 Å². The third kappa shape index (κ3) is 9.72. The highest BCUT2D eigenvalue weighted by Gasteiger charge is 2.13. The Morgan fingerprint density at radius 2 is 1.83 bits per heavy atom. The van der Waals surface area contributed by atoms with Crippen LogP contribution >= 0.6 is 0 Å². The number of carbonyl (C=O) groups excluding carboxylic acids is 1. The predicted octanol–water partition coefficient (Wildman–Crippen LogP) is 0.757. The van der Waals surface area contributed by atoms with Gasteiger partial charge in [0.1, 0.15) is 0 Å². The molecule has 0 atom stereocenters. The fourth-order valence-electron chi connectivity index (χ4n) is 2.34. The first-order valence-corrected chi connectivity index (χ1v) is 9.01. The zero-order chi connectivity index (χ0) is 17.6. The molecule has 0 saturated carbocycles. The lowest BCUT2D eigenvalue weighted by Gasteiger charge is -2.21. The molecule has 3 N–H and O–H groups in total. The second-order valence-corrected chi connectivity index (χ2v) is 6.36. The van der Waals surface area contributed by atoms with Crippen LogP contribution in [0.25, 0.3) is 0 Å². The minimum Gasteiger partial charge on any atom is -0.381 e. The topological polar surface area (TPSA) is 84.0 Å². The Morgan fingerprint density at radius 3 is 2.50 bits per heavy atom. The summed E-state index contributed by atoms with van der Waals surface area (Å²) in [5, 5.41) is 9.28. The molecule has 1 saturated heterocycles. The number of nitrogens with one attached hydrogen (secondary N) is 3. The van der Waals surface area contributed by atoms with E-state index in [0.29, 0.717) is 19.0 Å². The number of ether oxygens (including phenoxy) is 2.